The molecule has 0 aromatic heterocycles. The number of ketones is 2. The average Bonchev–Trinajstić information content (AvgIpc) is 2.51. The van der Waals surface area contributed by atoms with E-state index in [2.05, 4.69) is 6.92 Å². The highest BCUT2D eigenvalue weighted by molar-refractivity contribution is 6.29. The molecule has 2 aromatic rings. The van der Waals surface area contributed by atoms with Crippen LogP contribution in [0.4, 0.5) is 0 Å². The van der Waals surface area contributed by atoms with Crippen LogP contribution < -0.4 is 0 Å². The zero-order valence-corrected chi connectivity index (χ0v) is 12.3. The number of phenolic OH excluding ortho intramolecular Hbond substituents is 1. The fourth-order valence-electron chi connectivity index (χ4n) is 3.72. The summed E-state index contributed by atoms with van der Waals surface area (Å²) in [5.41, 5.74) is 3.68. The van der Waals surface area contributed by atoms with Gasteiger partial charge in [0, 0.05) is 16.7 Å². The van der Waals surface area contributed by atoms with Gasteiger partial charge >= 0.3 is 0 Å². The molecule has 3 nitrogen and oxygen atoms in total. The lowest BCUT2D eigenvalue weighted by Gasteiger charge is -2.27. The Kier molecular flexibility index (Phi) is 2.73. The summed E-state index contributed by atoms with van der Waals surface area (Å²) in [5, 5.41) is 9.97. The molecule has 0 saturated heterocycles. The molecule has 1 unspecified atom stereocenters. The zero-order chi connectivity index (χ0) is 15.4. The van der Waals surface area contributed by atoms with Crippen molar-refractivity contribution in [1.29, 1.82) is 0 Å². The Labute approximate surface area is 128 Å². The van der Waals surface area contributed by atoms with Gasteiger partial charge < -0.3 is 5.11 Å². The number of hydrogen-bond donors (Lipinski definition) is 1. The van der Waals surface area contributed by atoms with E-state index in [1.54, 1.807) is 18.2 Å². The Morgan fingerprint density at radius 2 is 1.73 bits per heavy atom. The summed E-state index contributed by atoms with van der Waals surface area (Å²) in [6.07, 6.45) is 2.83. The molecule has 3 heteroatoms. The lowest BCUT2D eigenvalue weighted by Crippen LogP contribution is -2.25. The fraction of sp³-hybridized carbons (Fsp3) is 0.263. The molecule has 2 aliphatic carbocycles. The van der Waals surface area contributed by atoms with E-state index in [1.807, 2.05) is 6.07 Å². The molecule has 0 bridgehead atoms. The molecule has 2 aromatic carbocycles. The van der Waals surface area contributed by atoms with Crippen molar-refractivity contribution in [2.45, 2.75) is 26.2 Å². The summed E-state index contributed by atoms with van der Waals surface area (Å²) in [5.74, 6) is 0.111. The van der Waals surface area contributed by atoms with Crippen molar-refractivity contribution < 1.29 is 14.7 Å². The van der Waals surface area contributed by atoms with Crippen LogP contribution in [0, 0.1) is 5.92 Å². The second kappa shape index (κ2) is 4.54. The van der Waals surface area contributed by atoms with Crippen LogP contribution in [0.3, 0.4) is 0 Å². The number of rotatable bonds is 0. The van der Waals surface area contributed by atoms with Crippen LogP contribution in [0.2, 0.25) is 0 Å². The summed E-state index contributed by atoms with van der Waals surface area (Å²) in [6.45, 7) is 2.21. The van der Waals surface area contributed by atoms with Crippen molar-refractivity contribution in [3.05, 3.63) is 63.7 Å². The number of aromatic hydroxyl groups is 1. The second-order valence-corrected chi connectivity index (χ2v) is 6.33. The number of carbonyl (C=O) groups excluding carboxylic acids is 2. The molecule has 0 spiro atoms. The maximum atomic E-state index is 12.9. The van der Waals surface area contributed by atoms with Crippen LogP contribution in [0.25, 0.3) is 0 Å². The molecular formula is C19H16O3. The standard InChI is InChI=1S/C19H16O3/c1-10-5-7-12-11(9-10)6-8-14-16(12)18(21)13-3-2-4-15(20)17(13)19(14)22/h2-4,6,8,10,20H,5,7,9H2,1H3. The second-order valence-electron chi connectivity index (χ2n) is 6.33. The minimum atomic E-state index is -0.246. The number of fused-ring (bicyclic) bond motifs is 4. The first-order valence-corrected chi connectivity index (χ1v) is 7.64. The van der Waals surface area contributed by atoms with E-state index < -0.39 is 0 Å². The van der Waals surface area contributed by atoms with Gasteiger partial charge in [-0.25, -0.2) is 0 Å². The first-order chi connectivity index (χ1) is 10.6. The molecular weight excluding hydrogens is 276 g/mol. The average molecular weight is 292 g/mol. The smallest absolute Gasteiger partial charge is 0.198 e. The van der Waals surface area contributed by atoms with Crippen molar-refractivity contribution in [3.63, 3.8) is 0 Å². The van der Waals surface area contributed by atoms with Crippen LogP contribution in [0.1, 0.15) is 56.3 Å². The third kappa shape index (κ3) is 1.68. The highest BCUT2D eigenvalue weighted by atomic mass is 16.3. The quantitative estimate of drug-likeness (QED) is 0.691. The Morgan fingerprint density at radius 1 is 1.00 bits per heavy atom. The van der Waals surface area contributed by atoms with Gasteiger partial charge in [0.15, 0.2) is 11.6 Å². The predicted octanol–water partition coefficient (Wildman–Crippen LogP) is 3.29. The van der Waals surface area contributed by atoms with E-state index in [0.717, 1.165) is 24.8 Å². The molecule has 0 saturated carbocycles. The van der Waals surface area contributed by atoms with Crippen molar-refractivity contribution in [1.82, 2.24) is 0 Å². The van der Waals surface area contributed by atoms with Crippen molar-refractivity contribution in [3.8, 4) is 5.75 Å². The first kappa shape index (κ1) is 13.3. The summed E-state index contributed by atoms with van der Waals surface area (Å²) in [7, 11) is 0. The van der Waals surface area contributed by atoms with E-state index in [-0.39, 0.29) is 22.9 Å². The van der Waals surface area contributed by atoms with Crippen molar-refractivity contribution in [2.75, 3.05) is 0 Å². The van der Waals surface area contributed by atoms with Crippen molar-refractivity contribution in [2.24, 2.45) is 5.92 Å². The van der Waals surface area contributed by atoms with Crippen molar-refractivity contribution >= 4 is 11.6 Å². The molecule has 0 amide bonds. The number of phenols is 1. The van der Waals surface area contributed by atoms with Gasteiger partial charge in [0.05, 0.1) is 5.56 Å². The molecule has 1 N–H and O–H groups in total. The molecule has 4 rings (SSSR count). The fourth-order valence-corrected chi connectivity index (χ4v) is 3.72. The van der Waals surface area contributed by atoms with E-state index in [0.29, 0.717) is 22.6 Å². The van der Waals surface area contributed by atoms with E-state index in [9.17, 15) is 14.7 Å². The van der Waals surface area contributed by atoms with Crippen LogP contribution in [0.15, 0.2) is 30.3 Å². The van der Waals surface area contributed by atoms with Crippen LogP contribution in [-0.2, 0) is 12.8 Å². The summed E-state index contributed by atoms with van der Waals surface area (Å²) in [4.78, 5) is 25.6. The molecule has 0 heterocycles. The Balaban J connectivity index is 1.99. The highest BCUT2D eigenvalue weighted by Crippen LogP contribution is 2.37. The minimum absolute atomic E-state index is 0.118. The van der Waals surface area contributed by atoms with Gasteiger partial charge in [-0.1, -0.05) is 25.1 Å². The molecule has 22 heavy (non-hydrogen) atoms. The molecule has 110 valence electrons. The predicted molar refractivity (Wildman–Crippen MR) is 82.6 cm³/mol. The maximum absolute atomic E-state index is 12.9. The van der Waals surface area contributed by atoms with Gasteiger partial charge in [-0.3, -0.25) is 9.59 Å². The van der Waals surface area contributed by atoms with Gasteiger partial charge in [0.2, 0.25) is 0 Å². The first-order valence-electron chi connectivity index (χ1n) is 7.64. The molecule has 1 atom stereocenters. The zero-order valence-electron chi connectivity index (χ0n) is 12.3. The van der Waals surface area contributed by atoms with E-state index in [1.165, 1.54) is 11.6 Å². The summed E-state index contributed by atoms with van der Waals surface area (Å²) >= 11 is 0. The van der Waals surface area contributed by atoms with Gasteiger partial charge in [0.1, 0.15) is 5.75 Å². The van der Waals surface area contributed by atoms with Crippen LogP contribution in [0.5, 0.6) is 5.75 Å². The third-order valence-electron chi connectivity index (χ3n) is 4.85. The minimum Gasteiger partial charge on any atom is -0.507 e. The van der Waals surface area contributed by atoms with Gasteiger partial charge in [0.25, 0.3) is 0 Å². The van der Waals surface area contributed by atoms with Gasteiger partial charge in [-0.15, -0.1) is 0 Å². The lowest BCUT2D eigenvalue weighted by molar-refractivity contribution is 0.0975. The molecule has 0 radical (unpaired) electrons. The monoisotopic (exact) mass is 292 g/mol. The lowest BCUT2D eigenvalue weighted by atomic mass is 9.75. The topological polar surface area (TPSA) is 54.4 Å². The van der Waals surface area contributed by atoms with Crippen LogP contribution in [-0.4, -0.2) is 16.7 Å². The number of hydrogen-bond acceptors (Lipinski definition) is 3. The summed E-state index contributed by atoms with van der Waals surface area (Å²) in [6, 6.07) is 8.42. The molecule has 0 aliphatic heterocycles. The van der Waals surface area contributed by atoms with E-state index in [4.69, 9.17) is 0 Å². The van der Waals surface area contributed by atoms with Crippen LogP contribution >= 0.6 is 0 Å². The molecule has 0 fully saturated rings. The SMILES string of the molecule is CC1CCc2c(ccc3c2C(=O)c2cccc(O)c2C3=O)C1. The summed E-state index contributed by atoms with van der Waals surface area (Å²) < 4.78 is 0. The Hall–Kier alpha value is -2.42. The molecule has 2 aliphatic rings. The normalized spacial score (nSPS) is 19.4. The van der Waals surface area contributed by atoms with E-state index >= 15 is 0 Å². The van der Waals surface area contributed by atoms with Gasteiger partial charge in [-0.05, 0) is 48.4 Å². The highest BCUT2D eigenvalue weighted by Gasteiger charge is 2.35. The van der Waals surface area contributed by atoms with Gasteiger partial charge in [-0.2, -0.15) is 0 Å². The maximum Gasteiger partial charge on any atom is 0.198 e. The third-order valence-corrected chi connectivity index (χ3v) is 4.85. The largest absolute Gasteiger partial charge is 0.507 e. The number of carbonyl (C=O) groups is 2. The number of benzene rings is 2. The Bertz CT molecular complexity index is 833. The Morgan fingerprint density at radius 3 is 2.55 bits per heavy atom.